The quantitative estimate of drug-likeness (QED) is 0.667. The van der Waals surface area contributed by atoms with Gasteiger partial charge in [0.1, 0.15) is 0 Å². The highest BCUT2D eigenvalue weighted by molar-refractivity contribution is 5.09. The number of hydrogen-bond acceptors (Lipinski definition) is 2. The van der Waals surface area contributed by atoms with Gasteiger partial charge in [0, 0.05) is 5.92 Å². The Bertz CT molecular complexity index is 210. The average Bonchev–Trinajstić information content (AvgIpc) is 2.19. The Kier molecular flexibility index (Phi) is 3.07. The molecule has 3 atom stereocenters. The summed E-state index contributed by atoms with van der Waals surface area (Å²) in [6.45, 7) is 7.96. The number of hydrogen-bond donors (Lipinski definition) is 2. The fourth-order valence-corrected chi connectivity index (χ4v) is 2.47. The van der Waals surface area contributed by atoms with Crippen molar-refractivity contribution in [2.75, 3.05) is 0 Å². The topological polar surface area (TPSA) is 40.5 Å². The van der Waals surface area contributed by atoms with Gasteiger partial charge in [0.15, 0.2) is 0 Å². The Hall–Kier alpha value is -0.340. The van der Waals surface area contributed by atoms with Crippen molar-refractivity contribution in [2.24, 2.45) is 11.3 Å². The minimum Gasteiger partial charge on any atom is -0.390 e. The summed E-state index contributed by atoms with van der Waals surface area (Å²) in [6.07, 6.45) is 5.19. The molecule has 2 heteroatoms. The van der Waals surface area contributed by atoms with Gasteiger partial charge in [-0.05, 0) is 32.1 Å². The van der Waals surface area contributed by atoms with Crippen LogP contribution in [0.4, 0.5) is 0 Å². The lowest BCUT2D eigenvalue weighted by Crippen LogP contribution is -2.33. The van der Waals surface area contributed by atoms with Crippen molar-refractivity contribution in [2.45, 2.75) is 52.2 Å². The van der Waals surface area contributed by atoms with E-state index in [2.05, 4.69) is 13.8 Å². The van der Waals surface area contributed by atoms with Crippen molar-refractivity contribution in [3.8, 4) is 0 Å². The van der Waals surface area contributed by atoms with Crippen LogP contribution in [0.3, 0.4) is 0 Å². The first-order valence-corrected chi connectivity index (χ1v) is 5.34. The molecule has 0 aromatic rings. The zero-order valence-electron chi connectivity index (χ0n) is 9.62. The van der Waals surface area contributed by atoms with Crippen molar-refractivity contribution in [1.29, 1.82) is 0 Å². The maximum Gasteiger partial charge on any atom is 0.0692 e. The van der Waals surface area contributed by atoms with Crippen LogP contribution in [-0.2, 0) is 0 Å². The summed E-state index contributed by atoms with van der Waals surface area (Å²) >= 11 is 0. The van der Waals surface area contributed by atoms with Crippen LogP contribution in [0.15, 0.2) is 12.2 Å². The second kappa shape index (κ2) is 3.67. The fourth-order valence-electron chi connectivity index (χ4n) is 2.47. The van der Waals surface area contributed by atoms with Crippen molar-refractivity contribution in [3.05, 3.63) is 12.2 Å². The Morgan fingerprint density at radius 1 is 1.29 bits per heavy atom. The summed E-state index contributed by atoms with van der Waals surface area (Å²) in [6, 6.07) is 0. The van der Waals surface area contributed by atoms with Gasteiger partial charge in [-0.25, -0.2) is 0 Å². The molecule has 0 aromatic carbocycles. The largest absolute Gasteiger partial charge is 0.390 e. The van der Waals surface area contributed by atoms with Crippen LogP contribution in [-0.4, -0.2) is 21.9 Å². The van der Waals surface area contributed by atoms with Gasteiger partial charge in [0.25, 0.3) is 0 Å². The van der Waals surface area contributed by atoms with Crippen molar-refractivity contribution in [1.82, 2.24) is 0 Å². The smallest absolute Gasteiger partial charge is 0.0692 e. The third kappa shape index (κ3) is 2.37. The predicted octanol–water partition coefficient (Wildman–Crippen LogP) is 2.11. The lowest BCUT2D eigenvalue weighted by atomic mass is 9.77. The molecule has 1 rings (SSSR count). The minimum atomic E-state index is -0.616. The number of aliphatic hydroxyl groups is 2. The predicted molar refractivity (Wildman–Crippen MR) is 57.9 cm³/mol. The van der Waals surface area contributed by atoms with Gasteiger partial charge in [-0.3, -0.25) is 0 Å². The monoisotopic (exact) mass is 198 g/mol. The fraction of sp³-hybridized carbons (Fsp3) is 0.833. The summed E-state index contributed by atoms with van der Waals surface area (Å²) in [5.74, 6) is 0.143. The molecule has 1 aliphatic carbocycles. The van der Waals surface area contributed by atoms with E-state index in [1.54, 1.807) is 13.0 Å². The van der Waals surface area contributed by atoms with Gasteiger partial charge in [-0.1, -0.05) is 26.0 Å². The normalized spacial score (nSPS) is 39.1. The lowest BCUT2D eigenvalue weighted by molar-refractivity contribution is 0.0184. The lowest BCUT2D eigenvalue weighted by Gasteiger charge is -2.31. The first-order valence-electron chi connectivity index (χ1n) is 5.34. The molecule has 0 amide bonds. The van der Waals surface area contributed by atoms with Gasteiger partial charge in [-0.2, -0.15) is 0 Å². The highest BCUT2D eigenvalue weighted by atomic mass is 16.3. The van der Waals surface area contributed by atoms with Gasteiger partial charge in [-0.15, -0.1) is 0 Å². The van der Waals surface area contributed by atoms with Crippen LogP contribution in [0.25, 0.3) is 0 Å². The molecular weight excluding hydrogens is 176 g/mol. The molecule has 0 aliphatic heterocycles. The first kappa shape index (κ1) is 11.7. The molecule has 2 N–H and O–H groups in total. The van der Waals surface area contributed by atoms with E-state index in [1.165, 1.54) is 0 Å². The molecule has 3 unspecified atom stereocenters. The summed E-state index contributed by atoms with van der Waals surface area (Å²) in [5, 5.41) is 19.4. The van der Waals surface area contributed by atoms with E-state index in [4.69, 9.17) is 0 Å². The Morgan fingerprint density at radius 3 is 2.21 bits per heavy atom. The second-order valence-corrected chi connectivity index (χ2v) is 5.45. The van der Waals surface area contributed by atoms with E-state index < -0.39 is 11.7 Å². The molecule has 0 bridgehead atoms. The molecule has 0 aromatic heterocycles. The minimum absolute atomic E-state index is 0.134. The summed E-state index contributed by atoms with van der Waals surface area (Å²) < 4.78 is 0. The SMILES string of the molecule is CC(O)C=CC1C(C)(C)CCC1(C)O. The van der Waals surface area contributed by atoms with E-state index in [-0.39, 0.29) is 11.3 Å². The van der Waals surface area contributed by atoms with Crippen LogP contribution in [0.2, 0.25) is 0 Å². The van der Waals surface area contributed by atoms with E-state index in [9.17, 15) is 10.2 Å². The van der Waals surface area contributed by atoms with Gasteiger partial charge >= 0.3 is 0 Å². The second-order valence-electron chi connectivity index (χ2n) is 5.45. The maximum atomic E-state index is 10.2. The van der Waals surface area contributed by atoms with Crippen LogP contribution in [0.1, 0.15) is 40.5 Å². The molecule has 14 heavy (non-hydrogen) atoms. The Morgan fingerprint density at radius 2 is 1.86 bits per heavy atom. The van der Waals surface area contributed by atoms with E-state index in [0.29, 0.717) is 0 Å². The van der Waals surface area contributed by atoms with Crippen LogP contribution in [0, 0.1) is 11.3 Å². The highest BCUT2D eigenvalue weighted by Crippen LogP contribution is 2.49. The number of rotatable bonds is 2. The first-order chi connectivity index (χ1) is 6.26. The summed E-state index contributed by atoms with van der Waals surface area (Å²) in [7, 11) is 0. The molecule has 1 aliphatic rings. The maximum absolute atomic E-state index is 10.2. The standard InChI is InChI=1S/C12H22O2/c1-9(13)5-6-10-11(2,3)7-8-12(10,4)14/h5-6,9-10,13-14H,7-8H2,1-4H3. The summed E-state index contributed by atoms with van der Waals surface area (Å²) in [5.41, 5.74) is -0.482. The molecule has 2 nitrogen and oxygen atoms in total. The van der Waals surface area contributed by atoms with E-state index >= 15 is 0 Å². The van der Waals surface area contributed by atoms with Crippen LogP contribution >= 0.6 is 0 Å². The number of aliphatic hydroxyl groups excluding tert-OH is 1. The molecule has 0 spiro atoms. The van der Waals surface area contributed by atoms with Crippen LogP contribution in [0.5, 0.6) is 0 Å². The van der Waals surface area contributed by atoms with Crippen LogP contribution < -0.4 is 0 Å². The Balaban J connectivity index is 2.82. The molecule has 1 fully saturated rings. The van der Waals surface area contributed by atoms with Crippen molar-refractivity contribution < 1.29 is 10.2 Å². The van der Waals surface area contributed by atoms with E-state index in [0.717, 1.165) is 12.8 Å². The molecule has 0 heterocycles. The molecule has 82 valence electrons. The van der Waals surface area contributed by atoms with E-state index in [1.807, 2.05) is 13.0 Å². The van der Waals surface area contributed by atoms with Gasteiger partial charge in [0.05, 0.1) is 11.7 Å². The van der Waals surface area contributed by atoms with Crippen molar-refractivity contribution in [3.63, 3.8) is 0 Å². The average molecular weight is 198 g/mol. The summed E-state index contributed by atoms with van der Waals surface area (Å²) in [4.78, 5) is 0. The highest BCUT2D eigenvalue weighted by Gasteiger charge is 2.47. The zero-order valence-corrected chi connectivity index (χ0v) is 9.62. The Labute approximate surface area is 86.6 Å². The molecular formula is C12H22O2. The zero-order chi connectivity index (χ0) is 11.0. The van der Waals surface area contributed by atoms with Gasteiger partial charge in [0.2, 0.25) is 0 Å². The molecule has 0 radical (unpaired) electrons. The van der Waals surface area contributed by atoms with Gasteiger partial charge < -0.3 is 10.2 Å². The third-order valence-corrected chi connectivity index (χ3v) is 3.37. The molecule has 1 saturated carbocycles. The van der Waals surface area contributed by atoms with Crippen molar-refractivity contribution >= 4 is 0 Å². The third-order valence-electron chi connectivity index (χ3n) is 3.37. The molecule has 0 saturated heterocycles.